The average Bonchev–Trinajstić information content (AvgIpc) is 3.18. The van der Waals surface area contributed by atoms with Gasteiger partial charge in [0.15, 0.2) is 5.16 Å². The molecule has 1 aromatic heterocycles. The summed E-state index contributed by atoms with van der Waals surface area (Å²) in [5.41, 5.74) is 0.311. The van der Waals surface area contributed by atoms with Gasteiger partial charge in [-0.2, -0.15) is 13.2 Å². The van der Waals surface area contributed by atoms with E-state index in [1.54, 1.807) is 34.1 Å². The Hall–Kier alpha value is -2.56. The molecule has 0 atom stereocenters. The van der Waals surface area contributed by atoms with Crippen LogP contribution in [-0.4, -0.2) is 40.0 Å². The first-order valence-electron chi connectivity index (χ1n) is 9.03. The standard InChI is InChI=1S/C18H19F3N4O3S/c19-18(20,21)10-22-16(28)24-14(26)9-29-17-23-13-8-4-3-7-12(13)15(27)25(17)11-5-1-2-6-11/h3-4,7-8,11H,1-2,5-6,9-10H2,(H2,22,24,26,28). The summed E-state index contributed by atoms with van der Waals surface area (Å²) in [5, 5.41) is 4.24. The van der Waals surface area contributed by atoms with Crippen LogP contribution in [0.25, 0.3) is 10.9 Å². The average molecular weight is 428 g/mol. The number of benzene rings is 1. The van der Waals surface area contributed by atoms with Gasteiger partial charge in [0.25, 0.3) is 5.56 Å². The summed E-state index contributed by atoms with van der Waals surface area (Å²) in [7, 11) is 0. The number of amides is 3. The lowest BCUT2D eigenvalue weighted by atomic mass is 10.2. The fourth-order valence-electron chi connectivity index (χ4n) is 3.23. The van der Waals surface area contributed by atoms with E-state index in [-0.39, 0.29) is 17.4 Å². The quantitative estimate of drug-likeness (QED) is 0.564. The molecule has 2 N–H and O–H groups in total. The Bertz CT molecular complexity index is 971. The first kappa shape index (κ1) is 21.2. The normalized spacial score (nSPS) is 14.9. The molecule has 1 aliphatic carbocycles. The highest BCUT2D eigenvalue weighted by atomic mass is 32.2. The van der Waals surface area contributed by atoms with E-state index < -0.39 is 24.7 Å². The molecular formula is C18H19F3N4O3S. The van der Waals surface area contributed by atoms with Gasteiger partial charge in [-0.3, -0.25) is 19.5 Å². The van der Waals surface area contributed by atoms with Crippen LogP contribution in [0.15, 0.2) is 34.2 Å². The van der Waals surface area contributed by atoms with Gasteiger partial charge in [0.2, 0.25) is 5.91 Å². The summed E-state index contributed by atoms with van der Waals surface area (Å²) in [5.74, 6) is -1.05. The van der Waals surface area contributed by atoms with Gasteiger partial charge in [-0.05, 0) is 25.0 Å². The fraction of sp³-hybridized carbons (Fsp3) is 0.444. The van der Waals surface area contributed by atoms with E-state index in [9.17, 15) is 27.6 Å². The molecule has 0 unspecified atom stereocenters. The number of para-hydroxylation sites is 1. The molecule has 1 saturated carbocycles. The number of thioether (sulfide) groups is 1. The third-order valence-electron chi connectivity index (χ3n) is 4.50. The number of urea groups is 1. The molecule has 7 nitrogen and oxygen atoms in total. The largest absolute Gasteiger partial charge is 0.405 e. The molecule has 0 bridgehead atoms. The summed E-state index contributed by atoms with van der Waals surface area (Å²) in [4.78, 5) is 40.8. The summed E-state index contributed by atoms with van der Waals surface area (Å²) < 4.78 is 37.9. The Labute approximate surface area is 168 Å². The van der Waals surface area contributed by atoms with Crippen LogP contribution >= 0.6 is 11.8 Å². The molecule has 3 amide bonds. The first-order valence-corrected chi connectivity index (χ1v) is 10.0. The van der Waals surface area contributed by atoms with Crippen LogP contribution < -0.4 is 16.2 Å². The lowest BCUT2D eigenvalue weighted by Gasteiger charge is -2.18. The van der Waals surface area contributed by atoms with Crippen molar-refractivity contribution in [2.45, 2.75) is 43.1 Å². The smallest absolute Gasteiger partial charge is 0.329 e. The monoisotopic (exact) mass is 428 g/mol. The van der Waals surface area contributed by atoms with Crippen molar-refractivity contribution in [2.24, 2.45) is 0 Å². The van der Waals surface area contributed by atoms with Gasteiger partial charge in [-0.25, -0.2) is 9.78 Å². The van der Waals surface area contributed by atoms with E-state index in [1.165, 1.54) is 0 Å². The first-order chi connectivity index (χ1) is 13.7. The third kappa shape index (κ3) is 5.49. The van der Waals surface area contributed by atoms with Gasteiger partial charge in [0, 0.05) is 6.04 Å². The summed E-state index contributed by atoms with van der Waals surface area (Å²) in [6.07, 6.45) is -0.914. The Kier molecular flexibility index (Phi) is 6.46. The number of hydrogen-bond donors (Lipinski definition) is 2. The lowest BCUT2D eigenvalue weighted by Crippen LogP contribution is -2.44. The predicted octanol–water partition coefficient (Wildman–Crippen LogP) is 2.99. The minimum absolute atomic E-state index is 0.0137. The number of imide groups is 1. The number of nitrogens with zero attached hydrogens (tertiary/aromatic N) is 2. The maximum Gasteiger partial charge on any atom is 0.405 e. The lowest BCUT2D eigenvalue weighted by molar-refractivity contribution is -0.124. The second-order valence-electron chi connectivity index (χ2n) is 6.66. The molecule has 156 valence electrons. The zero-order valence-electron chi connectivity index (χ0n) is 15.3. The minimum atomic E-state index is -4.57. The maximum absolute atomic E-state index is 13.0. The maximum atomic E-state index is 13.0. The van der Waals surface area contributed by atoms with E-state index in [2.05, 4.69) is 4.98 Å². The number of hydrogen-bond acceptors (Lipinski definition) is 5. The molecule has 1 aromatic carbocycles. The van der Waals surface area contributed by atoms with Crippen LogP contribution in [0.5, 0.6) is 0 Å². The van der Waals surface area contributed by atoms with Crippen LogP contribution in [0.3, 0.4) is 0 Å². The van der Waals surface area contributed by atoms with Crippen molar-refractivity contribution >= 4 is 34.6 Å². The van der Waals surface area contributed by atoms with Gasteiger partial charge in [-0.1, -0.05) is 36.7 Å². The van der Waals surface area contributed by atoms with Gasteiger partial charge in [0.1, 0.15) is 6.54 Å². The number of fused-ring (bicyclic) bond motifs is 1. The van der Waals surface area contributed by atoms with Crippen molar-refractivity contribution in [3.63, 3.8) is 0 Å². The van der Waals surface area contributed by atoms with E-state index in [0.29, 0.717) is 16.1 Å². The number of nitrogens with one attached hydrogen (secondary N) is 2. The fourth-order valence-corrected chi connectivity index (χ4v) is 4.10. The van der Waals surface area contributed by atoms with Gasteiger partial charge < -0.3 is 5.32 Å². The van der Waals surface area contributed by atoms with Crippen LogP contribution in [0.1, 0.15) is 31.7 Å². The highest BCUT2D eigenvalue weighted by Gasteiger charge is 2.28. The highest BCUT2D eigenvalue weighted by Crippen LogP contribution is 2.32. The summed E-state index contributed by atoms with van der Waals surface area (Å²) in [6, 6.07) is 5.66. The number of aromatic nitrogens is 2. The second kappa shape index (κ2) is 8.85. The molecule has 1 fully saturated rings. The number of rotatable bonds is 5. The second-order valence-corrected chi connectivity index (χ2v) is 7.60. The van der Waals surface area contributed by atoms with Gasteiger partial charge in [-0.15, -0.1) is 0 Å². The molecule has 11 heteroatoms. The Morgan fingerprint density at radius 1 is 1.21 bits per heavy atom. The van der Waals surface area contributed by atoms with Crippen LogP contribution in [-0.2, 0) is 4.79 Å². The van der Waals surface area contributed by atoms with Crippen LogP contribution in [0.4, 0.5) is 18.0 Å². The zero-order valence-corrected chi connectivity index (χ0v) is 16.1. The van der Waals surface area contributed by atoms with Gasteiger partial charge >= 0.3 is 12.2 Å². The van der Waals surface area contributed by atoms with Crippen molar-refractivity contribution in [1.82, 2.24) is 20.2 Å². The highest BCUT2D eigenvalue weighted by molar-refractivity contribution is 7.99. The molecule has 0 spiro atoms. The SMILES string of the molecule is O=C(CSc1nc2ccccc2c(=O)n1C1CCCC1)NC(=O)NCC(F)(F)F. The van der Waals surface area contributed by atoms with Crippen molar-refractivity contribution in [3.8, 4) is 0 Å². The summed E-state index contributed by atoms with van der Waals surface area (Å²) >= 11 is 0.974. The van der Waals surface area contributed by atoms with Gasteiger partial charge in [0.05, 0.1) is 16.7 Å². The third-order valence-corrected chi connectivity index (χ3v) is 5.45. The van der Waals surface area contributed by atoms with Crippen molar-refractivity contribution in [1.29, 1.82) is 0 Å². The van der Waals surface area contributed by atoms with Crippen LogP contribution in [0, 0.1) is 0 Å². The van der Waals surface area contributed by atoms with E-state index >= 15 is 0 Å². The molecule has 2 aromatic rings. The topological polar surface area (TPSA) is 93.1 Å². The Morgan fingerprint density at radius 2 is 1.90 bits per heavy atom. The Morgan fingerprint density at radius 3 is 2.59 bits per heavy atom. The van der Waals surface area contributed by atoms with Crippen molar-refractivity contribution in [2.75, 3.05) is 12.3 Å². The number of carbonyl (C=O) groups is 2. The predicted molar refractivity (Wildman–Crippen MR) is 102 cm³/mol. The molecule has 3 rings (SSSR count). The number of halogens is 3. The molecule has 0 saturated heterocycles. The minimum Gasteiger partial charge on any atom is -0.329 e. The zero-order chi connectivity index (χ0) is 21.0. The Balaban J connectivity index is 1.73. The molecule has 1 heterocycles. The molecular weight excluding hydrogens is 409 g/mol. The van der Waals surface area contributed by atoms with E-state index in [1.807, 2.05) is 5.32 Å². The number of alkyl halides is 3. The van der Waals surface area contributed by atoms with E-state index in [0.717, 1.165) is 37.4 Å². The molecule has 1 aliphatic rings. The van der Waals surface area contributed by atoms with Crippen molar-refractivity contribution in [3.05, 3.63) is 34.6 Å². The molecule has 29 heavy (non-hydrogen) atoms. The van der Waals surface area contributed by atoms with E-state index in [4.69, 9.17) is 0 Å². The van der Waals surface area contributed by atoms with Crippen LogP contribution in [0.2, 0.25) is 0 Å². The van der Waals surface area contributed by atoms with Crippen molar-refractivity contribution < 1.29 is 22.8 Å². The number of carbonyl (C=O) groups excluding carboxylic acids is 2. The summed E-state index contributed by atoms with van der Waals surface area (Å²) in [6.45, 7) is -1.54. The molecule has 0 aliphatic heterocycles. The molecule has 0 radical (unpaired) electrons.